The standard InChI is InChI=1S/C17H23N3O3S/c1-11(2)20-12(3)18-15-9-13(5-6-16(15)20)17(21)19(4)14-7-8-24(22,23)10-14/h5-6,9,11,14H,7-8,10H2,1-4H3. The van der Waals surface area contributed by atoms with Gasteiger partial charge in [-0.2, -0.15) is 0 Å². The highest BCUT2D eigenvalue weighted by molar-refractivity contribution is 7.91. The Morgan fingerprint density at radius 2 is 2.08 bits per heavy atom. The van der Waals surface area contributed by atoms with Crippen LogP contribution in [0.3, 0.4) is 0 Å². The van der Waals surface area contributed by atoms with Gasteiger partial charge < -0.3 is 9.47 Å². The molecule has 0 N–H and O–H groups in total. The third-order valence-electron chi connectivity index (χ3n) is 4.71. The lowest BCUT2D eigenvalue weighted by Gasteiger charge is -2.23. The molecule has 24 heavy (non-hydrogen) atoms. The maximum absolute atomic E-state index is 12.7. The number of carbonyl (C=O) groups excluding carboxylic acids is 1. The monoisotopic (exact) mass is 349 g/mol. The Bertz CT molecular complexity index is 899. The number of rotatable bonds is 3. The Hall–Kier alpha value is -1.89. The number of aryl methyl sites for hydroxylation is 1. The van der Waals surface area contributed by atoms with Gasteiger partial charge in [0.25, 0.3) is 5.91 Å². The van der Waals surface area contributed by atoms with Gasteiger partial charge in [0.05, 0.1) is 22.5 Å². The first kappa shape index (κ1) is 17.0. The second kappa shape index (κ2) is 5.88. The number of carbonyl (C=O) groups is 1. The van der Waals surface area contributed by atoms with E-state index in [1.54, 1.807) is 24.1 Å². The lowest BCUT2D eigenvalue weighted by Crippen LogP contribution is -2.37. The summed E-state index contributed by atoms with van der Waals surface area (Å²) in [7, 11) is -1.34. The molecule has 1 fully saturated rings. The Balaban J connectivity index is 1.91. The molecule has 7 heteroatoms. The highest BCUT2D eigenvalue weighted by Crippen LogP contribution is 2.24. The van der Waals surface area contributed by atoms with Crippen LogP contribution in [0, 0.1) is 6.92 Å². The van der Waals surface area contributed by atoms with E-state index >= 15 is 0 Å². The average molecular weight is 349 g/mol. The zero-order chi connectivity index (χ0) is 17.6. The lowest BCUT2D eigenvalue weighted by atomic mass is 10.1. The fourth-order valence-corrected chi connectivity index (χ4v) is 5.23. The molecule has 0 saturated carbocycles. The smallest absolute Gasteiger partial charge is 0.253 e. The second-order valence-corrected chi connectivity index (χ2v) is 9.03. The van der Waals surface area contributed by atoms with Gasteiger partial charge >= 0.3 is 0 Å². The predicted molar refractivity (Wildman–Crippen MR) is 94.0 cm³/mol. The molecule has 1 aromatic heterocycles. The number of aromatic nitrogens is 2. The minimum atomic E-state index is -3.01. The topological polar surface area (TPSA) is 72.3 Å². The van der Waals surface area contributed by atoms with Crippen molar-refractivity contribution in [2.45, 2.75) is 39.3 Å². The predicted octanol–water partition coefficient (Wildman–Crippen LogP) is 2.18. The first-order valence-corrected chi connectivity index (χ1v) is 9.98. The van der Waals surface area contributed by atoms with Crippen LogP contribution in [-0.2, 0) is 9.84 Å². The first-order chi connectivity index (χ1) is 11.2. The molecule has 2 heterocycles. The van der Waals surface area contributed by atoms with Gasteiger partial charge in [-0.1, -0.05) is 0 Å². The summed E-state index contributed by atoms with van der Waals surface area (Å²) in [4.78, 5) is 18.8. The van der Waals surface area contributed by atoms with E-state index in [0.29, 0.717) is 18.0 Å². The summed E-state index contributed by atoms with van der Waals surface area (Å²) in [5.74, 6) is 0.973. The summed E-state index contributed by atoms with van der Waals surface area (Å²) in [6.07, 6.45) is 0.508. The lowest BCUT2D eigenvalue weighted by molar-refractivity contribution is 0.0748. The molecule has 1 saturated heterocycles. The van der Waals surface area contributed by atoms with Crippen LogP contribution in [0.1, 0.15) is 42.5 Å². The van der Waals surface area contributed by atoms with Crippen molar-refractivity contribution in [3.63, 3.8) is 0 Å². The fourth-order valence-electron chi connectivity index (χ4n) is 3.45. The quantitative estimate of drug-likeness (QED) is 0.851. The average Bonchev–Trinajstić information content (AvgIpc) is 3.03. The molecule has 3 rings (SSSR count). The van der Waals surface area contributed by atoms with E-state index < -0.39 is 9.84 Å². The van der Waals surface area contributed by atoms with Gasteiger partial charge in [-0.3, -0.25) is 4.79 Å². The van der Waals surface area contributed by atoms with E-state index in [0.717, 1.165) is 16.9 Å². The summed E-state index contributed by atoms with van der Waals surface area (Å²) in [6.45, 7) is 6.15. The van der Waals surface area contributed by atoms with Crippen molar-refractivity contribution in [3.8, 4) is 0 Å². The first-order valence-electron chi connectivity index (χ1n) is 8.16. The van der Waals surface area contributed by atoms with E-state index in [2.05, 4.69) is 23.4 Å². The van der Waals surface area contributed by atoms with Gasteiger partial charge in [0.15, 0.2) is 9.84 Å². The van der Waals surface area contributed by atoms with Crippen LogP contribution in [-0.4, -0.2) is 53.4 Å². The number of amides is 1. The molecule has 0 spiro atoms. The fraction of sp³-hybridized carbons (Fsp3) is 0.529. The van der Waals surface area contributed by atoms with Crippen LogP contribution < -0.4 is 0 Å². The number of hydrogen-bond acceptors (Lipinski definition) is 4. The van der Waals surface area contributed by atoms with E-state index in [1.807, 2.05) is 13.0 Å². The summed E-state index contributed by atoms with van der Waals surface area (Å²) < 4.78 is 25.4. The largest absolute Gasteiger partial charge is 0.338 e. The molecule has 130 valence electrons. The molecule has 0 aliphatic carbocycles. The number of fused-ring (bicyclic) bond motifs is 1. The zero-order valence-corrected chi connectivity index (χ0v) is 15.3. The van der Waals surface area contributed by atoms with Gasteiger partial charge in [0, 0.05) is 24.7 Å². The summed E-state index contributed by atoms with van der Waals surface area (Å²) >= 11 is 0. The minimum Gasteiger partial charge on any atom is -0.338 e. The van der Waals surface area contributed by atoms with Crippen molar-refractivity contribution >= 4 is 26.8 Å². The highest BCUT2D eigenvalue weighted by Gasteiger charge is 2.33. The van der Waals surface area contributed by atoms with Gasteiger partial charge in [-0.15, -0.1) is 0 Å². The van der Waals surface area contributed by atoms with E-state index in [-0.39, 0.29) is 23.5 Å². The molecule has 0 radical (unpaired) electrons. The van der Waals surface area contributed by atoms with Crippen molar-refractivity contribution in [1.82, 2.24) is 14.5 Å². The molecule has 1 aromatic carbocycles. The Kier molecular flexibility index (Phi) is 4.15. The SMILES string of the molecule is Cc1nc2cc(C(=O)N(C)C3CCS(=O)(=O)C3)ccc2n1C(C)C. The third-order valence-corrected chi connectivity index (χ3v) is 6.46. The van der Waals surface area contributed by atoms with Crippen molar-refractivity contribution in [3.05, 3.63) is 29.6 Å². The zero-order valence-electron chi connectivity index (χ0n) is 14.5. The molecule has 1 unspecified atom stereocenters. The van der Waals surface area contributed by atoms with Crippen molar-refractivity contribution in [1.29, 1.82) is 0 Å². The molecule has 1 aliphatic heterocycles. The molecule has 1 aliphatic rings. The van der Waals surface area contributed by atoms with E-state index in [4.69, 9.17) is 0 Å². The Morgan fingerprint density at radius 3 is 2.67 bits per heavy atom. The number of hydrogen-bond donors (Lipinski definition) is 0. The van der Waals surface area contributed by atoms with Crippen LogP contribution in [0.4, 0.5) is 0 Å². The van der Waals surface area contributed by atoms with Gasteiger partial charge in [0.2, 0.25) is 0 Å². The van der Waals surface area contributed by atoms with Crippen molar-refractivity contribution in [2.24, 2.45) is 0 Å². The van der Waals surface area contributed by atoms with Crippen LogP contribution in [0.5, 0.6) is 0 Å². The van der Waals surface area contributed by atoms with Gasteiger partial charge in [-0.25, -0.2) is 13.4 Å². The normalized spacial score (nSPS) is 20.0. The van der Waals surface area contributed by atoms with Crippen LogP contribution in [0.15, 0.2) is 18.2 Å². The number of imidazole rings is 1. The van der Waals surface area contributed by atoms with Crippen LogP contribution >= 0.6 is 0 Å². The molecule has 1 amide bonds. The molecule has 0 bridgehead atoms. The molecule has 6 nitrogen and oxygen atoms in total. The highest BCUT2D eigenvalue weighted by atomic mass is 32.2. The minimum absolute atomic E-state index is 0.0541. The maximum atomic E-state index is 12.7. The van der Waals surface area contributed by atoms with Crippen molar-refractivity contribution in [2.75, 3.05) is 18.6 Å². The molecule has 2 aromatic rings. The van der Waals surface area contributed by atoms with Gasteiger partial charge in [-0.05, 0) is 45.4 Å². The van der Waals surface area contributed by atoms with E-state index in [1.165, 1.54) is 0 Å². The Labute approximate surface area is 142 Å². The summed E-state index contributed by atoms with van der Waals surface area (Å²) in [5, 5.41) is 0. The number of nitrogens with zero attached hydrogens (tertiary/aromatic N) is 3. The van der Waals surface area contributed by atoms with Crippen molar-refractivity contribution < 1.29 is 13.2 Å². The molecular weight excluding hydrogens is 326 g/mol. The van der Waals surface area contributed by atoms with E-state index in [9.17, 15) is 13.2 Å². The summed E-state index contributed by atoms with van der Waals surface area (Å²) in [6, 6.07) is 5.56. The maximum Gasteiger partial charge on any atom is 0.253 e. The third kappa shape index (κ3) is 2.92. The Morgan fingerprint density at radius 1 is 1.38 bits per heavy atom. The van der Waals surface area contributed by atoms with Crippen LogP contribution in [0.25, 0.3) is 11.0 Å². The molecular formula is C17H23N3O3S. The number of benzene rings is 1. The van der Waals surface area contributed by atoms with Crippen LogP contribution in [0.2, 0.25) is 0 Å². The second-order valence-electron chi connectivity index (χ2n) is 6.80. The number of sulfone groups is 1. The molecule has 1 atom stereocenters. The summed E-state index contributed by atoms with van der Waals surface area (Å²) in [5.41, 5.74) is 2.34. The van der Waals surface area contributed by atoms with Gasteiger partial charge in [0.1, 0.15) is 5.82 Å².